The van der Waals surface area contributed by atoms with Gasteiger partial charge in [-0.3, -0.25) is 0 Å². The third kappa shape index (κ3) is 3.97. The number of benzene rings is 1. The van der Waals surface area contributed by atoms with E-state index in [-0.39, 0.29) is 11.8 Å². The highest BCUT2D eigenvalue weighted by Crippen LogP contribution is 2.27. The van der Waals surface area contributed by atoms with Crippen molar-refractivity contribution in [3.05, 3.63) is 72.1 Å². The molecule has 120 valence electrons. The molecule has 0 bridgehead atoms. The molecule has 0 fully saturated rings. The minimum atomic E-state index is -0.0557. The van der Waals surface area contributed by atoms with Crippen molar-refractivity contribution in [2.45, 2.75) is 32.2 Å². The molecule has 1 heterocycles. The summed E-state index contributed by atoms with van der Waals surface area (Å²) in [4.78, 5) is 0. The molecule has 0 radical (unpaired) electrons. The molecular formula is C19H21NO3. The van der Waals surface area contributed by atoms with E-state index in [0.29, 0.717) is 0 Å². The van der Waals surface area contributed by atoms with Crippen molar-refractivity contribution in [1.82, 2.24) is 0 Å². The largest absolute Gasteiger partial charge is 0.508 e. The lowest BCUT2D eigenvalue weighted by Gasteiger charge is -2.24. The van der Waals surface area contributed by atoms with Gasteiger partial charge >= 0.3 is 0 Å². The van der Waals surface area contributed by atoms with Gasteiger partial charge in [0.15, 0.2) is 5.76 Å². The molecule has 4 nitrogen and oxygen atoms in total. The second-order valence-electron chi connectivity index (χ2n) is 5.74. The number of anilines is 1. The van der Waals surface area contributed by atoms with Crippen LogP contribution in [0.25, 0.3) is 0 Å². The fourth-order valence-electron chi connectivity index (χ4n) is 2.64. The molecule has 0 saturated carbocycles. The van der Waals surface area contributed by atoms with Crippen molar-refractivity contribution in [2.75, 3.05) is 5.32 Å². The van der Waals surface area contributed by atoms with Crippen LogP contribution in [0.4, 0.5) is 5.69 Å². The van der Waals surface area contributed by atoms with Crippen LogP contribution in [0, 0.1) is 6.92 Å². The Morgan fingerprint density at radius 1 is 1.30 bits per heavy atom. The molecular weight excluding hydrogens is 290 g/mol. The van der Waals surface area contributed by atoms with Gasteiger partial charge < -0.3 is 19.9 Å². The van der Waals surface area contributed by atoms with Gasteiger partial charge in [-0.2, -0.15) is 0 Å². The Hall–Kier alpha value is -2.62. The van der Waals surface area contributed by atoms with E-state index >= 15 is 0 Å². The molecule has 1 atom stereocenters. The number of rotatable bonds is 5. The molecule has 4 heteroatoms. The van der Waals surface area contributed by atoms with Gasteiger partial charge in [0.05, 0.1) is 6.04 Å². The quantitative estimate of drug-likeness (QED) is 0.840. The van der Waals surface area contributed by atoms with E-state index in [9.17, 15) is 5.11 Å². The van der Waals surface area contributed by atoms with E-state index in [2.05, 4.69) is 23.5 Å². The first-order valence-corrected chi connectivity index (χ1v) is 7.80. The Bertz CT molecular complexity index is 686. The summed E-state index contributed by atoms with van der Waals surface area (Å²) in [7, 11) is 0. The van der Waals surface area contributed by atoms with Crippen LogP contribution < -0.4 is 5.32 Å². The Kier molecular flexibility index (Phi) is 4.71. The smallest absolute Gasteiger partial charge is 0.161 e. The molecule has 1 aromatic rings. The predicted molar refractivity (Wildman–Crippen MR) is 90.7 cm³/mol. The molecule has 0 aromatic heterocycles. The highest BCUT2D eigenvalue weighted by molar-refractivity contribution is 5.52. The number of allylic oxidation sites excluding steroid dienone is 3. The third-order valence-electron chi connectivity index (χ3n) is 3.98. The van der Waals surface area contributed by atoms with Crippen LogP contribution in [0.5, 0.6) is 5.75 Å². The maximum absolute atomic E-state index is 9.90. The number of phenolic OH excluding ortho intramolecular Hbond substituents is 1. The van der Waals surface area contributed by atoms with Crippen LogP contribution in [0.3, 0.4) is 0 Å². The topological polar surface area (TPSA) is 50.7 Å². The Morgan fingerprint density at radius 3 is 2.91 bits per heavy atom. The van der Waals surface area contributed by atoms with Crippen molar-refractivity contribution in [3.63, 3.8) is 0 Å². The van der Waals surface area contributed by atoms with Gasteiger partial charge in [-0.1, -0.05) is 29.9 Å². The summed E-state index contributed by atoms with van der Waals surface area (Å²) in [6.07, 6.45) is 14.0. The SMILES string of the molecule is Cc1ccc(NC(CC2=CC=CCC2)C2=COC=CO2)cc1O. The number of ether oxygens (including phenoxy) is 2. The van der Waals surface area contributed by atoms with Crippen molar-refractivity contribution in [3.8, 4) is 5.75 Å². The van der Waals surface area contributed by atoms with Gasteiger partial charge in [0.2, 0.25) is 0 Å². The zero-order chi connectivity index (χ0) is 16.1. The fraction of sp³-hybridized carbons (Fsp3) is 0.263. The lowest BCUT2D eigenvalue weighted by Crippen LogP contribution is -2.24. The van der Waals surface area contributed by atoms with Crippen LogP contribution in [-0.2, 0) is 9.47 Å². The lowest BCUT2D eigenvalue weighted by atomic mass is 9.97. The molecule has 1 unspecified atom stereocenters. The van der Waals surface area contributed by atoms with Crippen LogP contribution >= 0.6 is 0 Å². The molecule has 23 heavy (non-hydrogen) atoms. The first-order chi connectivity index (χ1) is 11.2. The Labute approximate surface area is 136 Å². The van der Waals surface area contributed by atoms with E-state index in [1.54, 1.807) is 12.3 Å². The molecule has 0 spiro atoms. The summed E-state index contributed by atoms with van der Waals surface area (Å²) in [5, 5.41) is 13.3. The summed E-state index contributed by atoms with van der Waals surface area (Å²) in [6.45, 7) is 1.88. The third-order valence-corrected chi connectivity index (χ3v) is 3.98. The van der Waals surface area contributed by atoms with Gasteiger partial charge in [0.1, 0.15) is 24.5 Å². The highest BCUT2D eigenvalue weighted by Gasteiger charge is 2.20. The summed E-state index contributed by atoms with van der Waals surface area (Å²) >= 11 is 0. The molecule has 1 aromatic carbocycles. The average Bonchev–Trinajstić information content (AvgIpc) is 2.59. The predicted octanol–water partition coefficient (Wildman–Crippen LogP) is 4.51. The molecule has 3 rings (SSSR count). The highest BCUT2D eigenvalue weighted by atomic mass is 16.5. The van der Waals surface area contributed by atoms with Gasteiger partial charge in [0.25, 0.3) is 0 Å². The Balaban J connectivity index is 1.79. The number of hydrogen-bond donors (Lipinski definition) is 2. The summed E-state index contributed by atoms with van der Waals surface area (Å²) < 4.78 is 10.8. The Morgan fingerprint density at radius 2 is 2.22 bits per heavy atom. The molecule has 0 amide bonds. The van der Waals surface area contributed by atoms with E-state index in [4.69, 9.17) is 9.47 Å². The maximum atomic E-state index is 9.90. The normalized spacial score (nSPS) is 17.6. The molecule has 1 aliphatic heterocycles. The van der Waals surface area contributed by atoms with Gasteiger partial charge in [-0.15, -0.1) is 0 Å². The first-order valence-electron chi connectivity index (χ1n) is 7.80. The maximum Gasteiger partial charge on any atom is 0.161 e. The minimum absolute atomic E-state index is 0.0557. The van der Waals surface area contributed by atoms with Gasteiger partial charge in [-0.05, 0) is 37.8 Å². The van der Waals surface area contributed by atoms with Crippen LogP contribution in [0.2, 0.25) is 0 Å². The molecule has 0 saturated heterocycles. The van der Waals surface area contributed by atoms with E-state index in [1.807, 2.05) is 19.1 Å². The summed E-state index contributed by atoms with van der Waals surface area (Å²) in [6, 6.07) is 5.53. The van der Waals surface area contributed by atoms with Crippen molar-refractivity contribution in [2.24, 2.45) is 0 Å². The number of nitrogens with one attached hydrogen (secondary N) is 1. The van der Waals surface area contributed by atoms with E-state index in [1.165, 1.54) is 18.1 Å². The van der Waals surface area contributed by atoms with Crippen LogP contribution in [-0.4, -0.2) is 11.1 Å². The van der Waals surface area contributed by atoms with Crippen molar-refractivity contribution in [1.29, 1.82) is 0 Å². The molecule has 2 N–H and O–H groups in total. The molecule has 2 aliphatic rings. The summed E-state index contributed by atoms with van der Waals surface area (Å²) in [5.41, 5.74) is 3.07. The van der Waals surface area contributed by atoms with Gasteiger partial charge in [0, 0.05) is 11.8 Å². The number of aryl methyl sites for hydroxylation is 1. The second kappa shape index (κ2) is 7.09. The van der Waals surface area contributed by atoms with Crippen LogP contribution in [0.15, 0.2) is 66.5 Å². The zero-order valence-corrected chi connectivity index (χ0v) is 13.2. The average molecular weight is 311 g/mol. The number of aromatic hydroxyl groups is 1. The van der Waals surface area contributed by atoms with Crippen LogP contribution in [0.1, 0.15) is 24.8 Å². The monoisotopic (exact) mass is 311 g/mol. The lowest BCUT2D eigenvalue weighted by molar-refractivity contribution is 0.240. The minimum Gasteiger partial charge on any atom is -0.508 e. The second-order valence-corrected chi connectivity index (χ2v) is 5.74. The molecule has 1 aliphatic carbocycles. The standard InChI is InChI=1S/C19H21NO3/c1-14-7-8-16(12-18(14)21)20-17(19-13-22-9-10-23-19)11-15-5-3-2-4-6-15/h2-3,5,7-10,12-13,17,20-21H,4,6,11H2,1H3. The zero-order valence-electron chi connectivity index (χ0n) is 13.2. The number of phenols is 1. The van der Waals surface area contributed by atoms with E-state index < -0.39 is 0 Å². The fourth-order valence-corrected chi connectivity index (χ4v) is 2.64. The first kappa shape index (κ1) is 15.3. The van der Waals surface area contributed by atoms with E-state index in [0.717, 1.165) is 36.3 Å². The van der Waals surface area contributed by atoms with Crippen molar-refractivity contribution >= 4 is 5.69 Å². The summed E-state index contributed by atoms with van der Waals surface area (Å²) in [5.74, 6) is 1.01. The van der Waals surface area contributed by atoms with Gasteiger partial charge in [-0.25, -0.2) is 0 Å². The van der Waals surface area contributed by atoms with Crippen molar-refractivity contribution < 1.29 is 14.6 Å². The number of hydrogen-bond acceptors (Lipinski definition) is 4.